The molecule has 0 saturated carbocycles. The third-order valence-electron chi connectivity index (χ3n) is 6.16. The standard InChI is InChI=1S/C28H40O2/c1-25(2,3)19-13-17(14-20(23(19)29)26(4,5)6)12-18-15-21(27(7,8)9)24-22(16-18)28(10,11)30-24/h13-16,29H,12H2,1-11H3. The van der Waals surface area contributed by atoms with Crippen molar-refractivity contribution in [3.63, 3.8) is 0 Å². The summed E-state index contributed by atoms with van der Waals surface area (Å²) < 4.78 is 6.15. The summed E-state index contributed by atoms with van der Waals surface area (Å²) in [4.78, 5) is 0. The van der Waals surface area contributed by atoms with Gasteiger partial charge in [0.25, 0.3) is 0 Å². The molecule has 0 atom stereocenters. The topological polar surface area (TPSA) is 29.5 Å². The van der Waals surface area contributed by atoms with E-state index in [1.54, 1.807) is 0 Å². The van der Waals surface area contributed by atoms with Crippen molar-refractivity contribution in [2.24, 2.45) is 0 Å². The van der Waals surface area contributed by atoms with E-state index < -0.39 is 0 Å². The molecule has 0 aliphatic carbocycles. The molecule has 2 aromatic carbocycles. The van der Waals surface area contributed by atoms with Gasteiger partial charge < -0.3 is 9.84 Å². The van der Waals surface area contributed by atoms with Crippen molar-refractivity contribution in [2.75, 3.05) is 0 Å². The maximum Gasteiger partial charge on any atom is 0.132 e. The van der Waals surface area contributed by atoms with Gasteiger partial charge in [-0.3, -0.25) is 0 Å². The maximum atomic E-state index is 11.0. The van der Waals surface area contributed by atoms with Crippen LogP contribution in [0.15, 0.2) is 24.3 Å². The van der Waals surface area contributed by atoms with Gasteiger partial charge in [0.15, 0.2) is 0 Å². The lowest BCUT2D eigenvalue weighted by Gasteiger charge is -2.42. The zero-order chi connectivity index (χ0) is 22.9. The largest absolute Gasteiger partial charge is 0.507 e. The summed E-state index contributed by atoms with van der Waals surface area (Å²) in [5, 5.41) is 11.0. The summed E-state index contributed by atoms with van der Waals surface area (Å²) >= 11 is 0. The van der Waals surface area contributed by atoms with Gasteiger partial charge in [0, 0.05) is 11.1 Å². The number of phenolic OH excluding ortho intramolecular Hbond substituents is 1. The lowest BCUT2D eigenvalue weighted by Crippen LogP contribution is -2.37. The SMILES string of the molecule is CC(C)(C)c1cc(Cc2cc(C(C)(C)C)c3c(c2)C(C)(C)O3)cc(C(C)(C)C)c1O. The van der Waals surface area contributed by atoms with Gasteiger partial charge in [-0.25, -0.2) is 0 Å². The minimum absolute atomic E-state index is 0.0265. The fraction of sp³-hybridized carbons (Fsp3) is 0.571. The molecule has 164 valence electrons. The monoisotopic (exact) mass is 408 g/mol. The summed E-state index contributed by atoms with van der Waals surface area (Å²) in [6, 6.07) is 9.02. The van der Waals surface area contributed by atoms with Gasteiger partial charge >= 0.3 is 0 Å². The second-order valence-corrected chi connectivity index (χ2v) is 12.6. The van der Waals surface area contributed by atoms with E-state index in [2.05, 4.69) is 100 Å². The Bertz CT molecular complexity index is 938. The number of rotatable bonds is 2. The molecule has 2 heteroatoms. The van der Waals surface area contributed by atoms with E-state index in [1.165, 1.54) is 22.3 Å². The molecule has 0 spiro atoms. The second kappa shape index (κ2) is 6.77. The first-order valence-corrected chi connectivity index (χ1v) is 11.1. The van der Waals surface area contributed by atoms with Crippen molar-refractivity contribution < 1.29 is 9.84 Å². The van der Waals surface area contributed by atoms with Crippen LogP contribution >= 0.6 is 0 Å². The molecule has 30 heavy (non-hydrogen) atoms. The molecule has 1 aliphatic rings. The van der Waals surface area contributed by atoms with Gasteiger partial charge in [-0.1, -0.05) is 80.5 Å². The van der Waals surface area contributed by atoms with Crippen LogP contribution in [0.1, 0.15) is 110 Å². The average molecular weight is 409 g/mol. The molecule has 1 aliphatic heterocycles. The Hall–Kier alpha value is -1.96. The van der Waals surface area contributed by atoms with Crippen molar-refractivity contribution in [3.8, 4) is 11.5 Å². The molecule has 0 radical (unpaired) electrons. The van der Waals surface area contributed by atoms with E-state index in [-0.39, 0.29) is 21.8 Å². The normalized spacial score (nSPS) is 16.0. The third kappa shape index (κ3) is 4.11. The number of aromatic hydroxyl groups is 1. The molecule has 1 N–H and O–H groups in total. The Morgan fingerprint density at radius 1 is 0.700 bits per heavy atom. The molecule has 0 amide bonds. The Labute approximate surface area is 183 Å². The smallest absolute Gasteiger partial charge is 0.132 e. The van der Waals surface area contributed by atoms with Crippen LogP contribution in [-0.4, -0.2) is 5.11 Å². The fourth-order valence-electron chi connectivity index (χ4n) is 4.34. The molecule has 0 saturated heterocycles. The first-order valence-electron chi connectivity index (χ1n) is 11.1. The quantitative estimate of drug-likeness (QED) is 0.557. The van der Waals surface area contributed by atoms with Gasteiger partial charge in [-0.05, 0) is 64.8 Å². The van der Waals surface area contributed by atoms with Crippen LogP contribution in [-0.2, 0) is 28.3 Å². The highest BCUT2D eigenvalue weighted by molar-refractivity contribution is 5.57. The van der Waals surface area contributed by atoms with Crippen molar-refractivity contribution in [1.82, 2.24) is 0 Å². The Morgan fingerprint density at radius 2 is 1.10 bits per heavy atom. The minimum Gasteiger partial charge on any atom is -0.507 e. The maximum absolute atomic E-state index is 11.0. The minimum atomic E-state index is -0.229. The van der Waals surface area contributed by atoms with Gasteiger partial charge in [0.1, 0.15) is 17.1 Å². The summed E-state index contributed by atoms with van der Waals surface area (Å²) in [5.74, 6) is 1.51. The second-order valence-electron chi connectivity index (χ2n) is 12.6. The lowest BCUT2D eigenvalue weighted by molar-refractivity contribution is 0.0483. The molecular formula is C28H40O2. The number of ether oxygens (including phenoxy) is 1. The Balaban J connectivity index is 2.14. The van der Waals surface area contributed by atoms with Crippen molar-refractivity contribution in [1.29, 1.82) is 0 Å². The van der Waals surface area contributed by atoms with E-state index in [9.17, 15) is 5.11 Å². The molecule has 0 bridgehead atoms. The van der Waals surface area contributed by atoms with E-state index in [0.717, 1.165) is 23.3 Å². The number of hydrogen-bond acceptors (Lipinski definition) is 2. The van der Waals surface area contributed by atoms with Crippen LogP contribution in [0, 0.1) is 0 Å². The number of hydrogen-bond donors (Lipinski definition) is 1. The van der Waals surface area contributed by atoms with E-state index in [0.29, 0.717) is 5.75 Å². The zero-order valence-corrected chi connectivity index (χ0v) is 20.9. The van der Waals surface area contributed by atoms with Crippen LogP contribution in [0.2, 0.25) is 0 Å². The number of fused-ring (bicyclic) bond motifs is 1. The van der Waals surface area contributed by atoms with E-state index in [4.69, 9.17) is 4.74 Å². The van der Waals surface area contributed by atoms with Gasteiger partial charge in [0.05, 0.1) is 0 Å². The highest BCUT2D eigenvalue weighted by Gasteiger charge is 2.40. The predicted octanol–water partition coefficient (Wildman–Crippen LogP) is 7.50. The van der Waals surface area contributed by atoms with Gasteiger partial charge in [-0.15, -0.1) is 0 Å². The van der Waals surface area contributed by atoms with E-state index in [1.807, 2.05) is 0 Å². The Kier molecular flexibility index (Phi) is 5.13. The first-order chi connectivity index (χ1) is 13.4. The number of phenols is 1. The van der Waals surface area contributed by atoms with Crippen molar-refractivity contribution in [3.05, 3.63) is 57.6 Å². The van der Waals surface area contributed by atoms with Crippen LogP contribution in [0.5, 0.6) is 11.5 Å². The molecule has 0 aromatic heterocycles. The van der Waals surface area contributed by atoms with Crippen LogP contribution in [0.3, 0.4) is 0 Å². The summed E-state index contributed by atoms with van der Waals surface area (Å²) in [7, 11) is 0. The van der Waals surface area contributed by atoms with Crippen molar-refractivity contribution in [2.45, 2.75) is 104 Å². The van der Waals surface area contributed by atoms with Crippen molar-refractivity contribution >= 4 is 0 Å². The molecule has 0 fully saturated rings. The van der Waals surface area contributed by atoms with Gasteiger partial charge in [0.2, 0.25) is 0 Å². The summed E-state index contributed by atoms with van der Waals surface area (Å²) in [5.41, 5.74) is 6.74. The molecule has 1 heterocycles. The van der Waals surface area contributed by atoms with Crippen LogP contribution < -0.4 is 4.74 Å². The lowest BCUT2D eigenvalue weighted by atomic mass is 9.76. The number of benzene rings is 2. The predicted molar refractivity (Wildman–Crippen MR) is 127 cm³/mol. The highest BCUT2D eigenvalue weighted by atomic mass is 16.5. The van der Waals surface area contributed by atoms with Crippen LogP contribution in [0.4, 0.5) is 0 Å². The summed E-state index contributed by atoms with van der Waals surface area (Å²) in [6.07, 6.45) is 0.846. The van der Waals surface area contributed by atoms with Gasteiger partial charge in [-0.2, -0.15) is 0 Å². The third-order valence-corrected chi connectivity index (χ3v) is 6.16. The highest BCUT2D eigenvalue weighted by Crippen LogP contribution is 2.50. The first kappa shape index (κ1) is 22.7. The Morgan fingerprint density at radius 3 is 1.50 bits per heavy atom. The molecular weight excluding hydrogens is 368 g/mol. The zero-order valence-electron chi connectivity index (χ0n) is 20.9. The molecule has 2 aromatic rings. The van der Waals surface area contributed by atoms with Crippen LogP contribution in [0.25, 0.3) is 0 Å². The average Bonchev–Trinajstić information content (AvgIpc) is 2.53. The molecule has 2 nitrogen and oxygen atoms in total. The van der Waals surface area contributed by atoms with E-state index >= 15 is 0 Å². The fourth-order valence-corrected chi connectivity index (χ4v) is 4.34. The summed E-state index contributed by atoms with van der Waals surface area (Å²) in [6.45, 7) is 24.0. The molecule has 0 unspecified atom stereocenters. The molecule has 3 rings (SSSR count).